The maximum atomic E-state index is 13.0. The third-order valence-electron chi connectivity index (χ3n) is 5.73. The van der Waals surface area contributed by atoms with Crippen LogP contribution in [-0.4, -0.2) is 39.6 Å². The molecule has 0 unspecified atom stereocenters. The van der Waals surface area contributed by atoms with Gasteiger partial charge in [-0.25, -0.2) is 4.68 Å². The van der Waals surface area contributed by atoms with Gasteiger partial charge < -0.3 is 10.2 Å². The maximum Gasteiger partial charge on any atom is 0.255 e. The van der Waals surface area contributed by atoms with Gasteiger partial charge in [0.2, 0.25) is 5.91 Å². The number of amides is 2. The molecule has 0 atom stereocenters. The summed E-state index contributed by atoms with van der Waals surface area (Å²) < 4.78 is 1.80. The number of hydrogen-bond donors (Lipinski definition) is 1. The topological polar surface area (TPSA) is 67.2 Å². The van der Waals surface area contributed by atoms with E-state index in [1.165, 1.54) is 0 Å². The van der Waals surface area contributed by atoms with Gasteiger partial charge in [-0.3, -0.25) is 9.59 Å². The minimum Gasteiger partial charge on any atom is -0.339 e. The van der Waals surface area contributed by atoms with Crippen LogP contribution in [0.2, 0.25) is 10.0 Å². The summed E-state index contributed by atoms with van der Waals surface area (Å²) in [5.41, 5.74) is 4.24. The summed E-state index contributed by atoms with van der Waals surface area (Å²) in [7, 11) is 0. The van der Waals surface area contributed by atoms with Crippen molar-refractivity contribution in [1.29, 1.82) is 0 Å². The predicted molar refractivity (Wildman–Crippen MR) is 127 cm³/mol. The van der Waals surface area contributed by atoms with Crippen LogP contribution < -0.4 is 5.32 Å². The standard InChI is InChI=1S/C24H24Cl2N4O2/c1-15-21(16(2)30(28-15)19-8-5-17(25)6-9-19)14-23(31)27-22-13-18(26)7-10-20(22)24(32)29-11-3-4-12-29/h5-10,13H,3-4,11-12,14H2,1-2H3,(H,27,31). The van der Waals surface area contributed by atoms with E-state index in [1.54, 1.807) is 35.0 Å². The normalized spacial score (nSPS) is 13.4. The molecular formula is C24H24Cl2N4O2. The van der Waals surface area contributed by atoms with Crippen LogP contribution in [0.4, 0.5) is 5.69 Å². The van der Waals surface area contributed by atoms with E-state index in [-0.39, 0.29) is 18.2 Å². The van der Waals surface area contributed by atoms with Crippen LogP contribution in [0, 0.1) is 13.8 Å². The van der Waals surface area contributed by atoms with Crippen LogP contribution in [0.3, 0.4) is 0 Å². The lowest BCUT2D eigenvalue weighted by Crippen LogP contribution is -2.29. The Kier molecular flexibility index (Phi) is 6.53. The SMILES string of the molecule is Cc1nn(-c2ccc(Cl)cc2)c(C)c1CC(=O)Nc1cc(Cl)ccc1C(=O)N1CCCC1. The minimum atomic E-state index is -0.232. The first-order chi connectivity index (χ1) is 15.3. The van der Waals surface area contributed by atoms with Gasteiger partial charge in [-0.2, -0.15) is 5.10 Å². The molecular weight excluding hydrogens is 447 g/mol. The van der Waals surface area contributed by atoms with Crippen molar-refractivity contribution in [2.75, 3.05) is 18.4 Å². The predicted octanol–water partition coefficient (Wildman–Crippen LogP) is 5.21. The van der Waals surface area contributed by atoms with Crippen LogP contribution in [0.5, 0.6) is 0 Å². The lowest BCUT2D eigenvalue weighted by atomic mass is 10.1. The zero-order valence-corrected chi connectivity index (χ0v) is 19.5. The third-order valence-corrected chi connectivity index (χ3v) is 6.22. The monoisotopic (exact) mass is 470 g/mol. The molecule has 1 saturated heterocycles. The molecule has 1 N–H and O–H groups in total. The van der Waals surface area contributed by atoms with E-state index in [9.17, 15) is 9.59 Å². The first kappa shape index (κ1) is 22.4. The van der Waals surface area contributed by atoms with Gasteiger partial charge >= 0.3 is 0 Å². The van der Waals surface area contributed by atoms with E-state index in [0.717, 1.165) is 48.6 Å². The molecule has 32 heavy (non-hydrogen) atoms. The number of halogens is 2. The molecule has 2 amide bonds. The average molecular weight is 471 g/mol. The van der Waals surface area contributed by atoms with E-state index in [4.69, 9.17) is 23.2 Å². The number of likely N-dealkylation sites (tertiary alicyclic amines) is 1. The fraction of sp³-hybridized carbons (Fsp3) is 0.292. The minimum absolute atomic E-state index is 0.0858. The van der Waals surface area contributed by atoms with Crippen LogP contribution in [0.15, 0.2) is 42.5 Å². The number of rotatable bonds is 5. The molecule has 166 valence electrons. The van der Waals surface area contributed by atoms with E-state index in [1.807, 2.05) is 30.9 Å². The second-order valence-electron chi connectivity index (χ2n) is 7.95. The summed E-state index contributed by atoms with van der Waals surface area (Å²) in [5, 5.41) is 8.59. The third kappa shape index (κ3) is 4.66. The average Bonchev–Trinajstić information content (AvgIpc) is 3.39. The van der Waals surface area contributed by atoms with Gasteiger partial charge in [-0.15, -0.1) is 0 Å². The Morgan fingerprint density at radius 2 is 1.66 bits per heavy atom. The molecule has 6 nitrogen and oxygen atoms in total. The highest BCUT2D eigenvalue weighted by atomic mass is 35.5. The molecule has 0 radical (unpaired) electrons. The van der Waals surface area contributed by atoms with Gasteiger partial charge in [0.25, 0.3) is 5.91 Å². The van der Waals surface area contributed by atoms with E-state index in [2.05, 4.69) is 10.4 Å². The molecule has 2 heterocycles. The first-order valence-corrected chi connectivity index (χ1v) is 11.3. The van der Waals surface area contributed by atoms with Crippen molar-refractivity contribution in [2.24, 2.45) is 0 Å². The molecule has 1 aliphatic heterocycles. The molecule has 1 fully saturated rings. The van der Waals surface area contributed by atoms with Gasteiger partial charge in [0.1, 0.15) is 0 Å². The Bertz CT molecular complexity index is 1170. The number of hydrogen-bond acceptors (Lipinski definition) is 3. The van der Waals surface area contributed by atoms with Gasteiger partial charge in [0.05, 0.1) is 29.1 Å². The van der Waals surface area contributed by atoms with Gasteiger partial charge in [-0.05, 0) is 69.2 Å². The summed E-state index contributed by atoms with van der Waals surface area (Å²) in [6.07, 6.45) is 2.13. The number of carbonyl (C=O) groups is 2. The van der Waals surface area contributed by atoms with Crippen molar-refractivity contribution in [3.63, 3.8) is 0 Å². The van der Waals surface area contributed by atoms with Crippen molar-refractivity contribution < 1.29 is 9.59 Å². The van der Waals surface area contributed by atoms with Crippen molar-refractivity contribution >= 4 is 40.7 Å². The zero-order chi connectivity index (χ0) is 22.8. The molecule has 0 spiro atoms. The molecule has 8 heteroatoms. The molecule has 4 rings (SSSR count). The van der Waals surface area contributed by atoms with Crippen molar-refractivity contribution in [1.82, 2.24) is 14.7 Å². The Morgan fingerprint density at radius 1 is 1.00 bits per heavy atom. The number of aryl methyl sites for hydroxylation is 1. The van der Waals surface area contributed by atoms with E-state index >= 15 is 0 Å². The number of aromatic nitrogens is 2. The lowest BCUT2D eigenvalue weighted by Gasteiger charge is -2.18. The summed E-state index contributed by atoms with van der Waals surface area (Å²) in [5.74, 6) is -0.318. The highest BCUT2D eigenvalue weighted by Crippen LogP contribution is 2.25. The highest BCUT2D eigenvalue weighted by Gasteiger charge is 2.23. The number of nitrogens with one attached hydrogen (secondary N) is 1. The Morgan fingerprint density at radius 3 is 2.34 bits per heavy atom. The Hall–Kier alpha value is -2.83. The summed E-state index contributed by atoms with van der Waals surface area (Å²) in [6, 6.07) is 12.3. The molecule has 0 bridgehead atoms. The summed E-state index contributed by atoms with van der Waals surface area (Å²) >= 11 is 12.1. The second kappa shape index (κ2) is 9.35. The number of carbonyl (C=O) groups excluding carboxylic acids is 2. The number of nitrogens with zero attached hydrogens (tertiary/aromatic N) is 3. The van der Waals surface area contributed by atoms with Crippen LogP contribution in [0.25, 0.3) is 5.69 Å². The fourth-order valence-electron chi connectivity index (χ4n) is 4.02. The van der Waals surface area contributed by atoms with Gasteiger partial charge in [0.15, 0.2) is 0 Å². The summed E-state index contributed by atoms with van der Waals surface area (Å²) in [6.45, 7) is 5.27. The maximum absolute atomic E-state index is 13.0. The molecule has 2 aromatic carbocycles. The number of benzene rings is 2. The Balaban J connectivity index is 1.55. The zero-order valence-electron chi connectivity index (χ0n) is 18.0. The Labute approximate surface area is 197 Å². The molecule has 0 saturated carbocycles. The highest BCUT2D eigenvalue weighted by molar-refractivity contribution is 6.31. The summed E-state index contributed by atoms with van der Waals surface area (Å²) in [4.78, 5) is 27.7. The molecule has 1 aromatic heterocycles. The van der Waals surface area contributed by atoms with Crippen molar-refractivity contribution in [3.8, 4) is 5.69 Å². The van der Waals surface area contributed by atoms with Crippen molar-refractivity contribution in [3.05, 3.63) is 75.0 Å². The lowest BCUT2D eigenvalue weighted by molar-refractivity contribution is -0.115. The van der Waals surface area contributed by atoms with Crippen LogP contribution >= 0.6 is 23.2 Å². The van der Waals surface area contributed by atoms with E-state index < -0.39 is 0 Å². The molecule has 0 aliphatic carbocycles. The molecule has 1 aliphatic rings. The van der Waals surface area contributed by atoms with E-state index in [0.29, 0.717) is 21.3 Å². The molecule has 3 aromatic rings. The van der Waals surface area contributed by atoms with Crippen LogP contribution in [0.1, 0.15) is 40.2 Å². The van der Waals surface area contributed by atoms with Gasteiger partial charge in [0, 0.05) is 34.4 Å². The fourth-order valence-corrected chi connectivity index (χ4v) is 4.31. The van der Waals surface area contributed by atoms with Crippen molar-refractivity contribution in [2.45, 2.75) is 33.1 Å². The quantitative estimate of drug-likeness (QED) is 0.556. The number of anilines is 1. The largest absolute Gasteiger partial charge is 0.339 e. The smallest absolute Gasteiger partial charge is 0.255 e. The van der Waals surface area contributed by atoms with Gasteiger partial charge in [-0.1, -0.05) is 23.2 Å². The van der Waals surface area contributed by atoms with Crippen LogP contribution in [-0.2, 0) is 11.2 Å². The second-order valence-corrected chi connectivity index (χ2v) is 8.82. The first-order valence-electron chi connectivity index (χ1n) is 10.5.